The lowest BCUT2D eigenvalue weighted by Crippen LogP contribution is -2.28. The van der Waals surface area contributed by atoms with Crippen LogP contribution in [0.1, 0.15) is 16.7 Å². The van der Waals surface area contributed by atoms with Crippen molar-refractivity contribution >= 4 is 35.7 Å². The van der Waals surface area contributed by atoms with Crippen LogP contribution >= 0.6 is 0 Å². The summed E-state index contributed by atoms with van der Waals surface area (Å²) in [5, 5.41) is 6.26. The number of carbonyl (C=O) groups excluding carboxylic acids is 1. The Morgan fingerprint density at radius 3 is 2.63 bits per heavy atom. The number of aryl methyl sites for hydroxylation is 1. The molecule has 0 atom stereocenters. The first kappa shape index (κ1) is 13.5. The normalized spacial score (nSPS) is 17.1. The lowest BCUT2D eigenvalue weighted by Gasteiger charge is -2.16. The third kappa shape index (κ3) is 2.45. The van der Waals surface area contributed by atoms with Crippen LogP contribution in [-0.4, -0.2) is 32.4 Å². The van der Waals surface area contributed by atoms with Gasteiger partial charge in [-0.3, -0.25) is 9.35 Å². The first-order chi connectivity index (χ1) is 8.84. The van der Waals surface area contributed by atoms with Crippen LogP contribution < -0.4 is 5.34 Å². The topological polar surface area (TPSA) is 95.8 Å². The van der Waals surface area contributed by atoms with Crippen LogP contribution in [0.2, 0.25) is 0 Å². The van der Waals surface area contributed by atoms with Crippen molar-refractivity contribution in [1.82, 2.24) is 5.34 Å². The van der Waals surface area contributed by atoms with Crippen molar-refractivity contribution < 1.29 is 17.8 Å². The second kappa shape index (κ2) is 4.63. The first-order valence-corrected chi connectivity index (χ1v) is 6.88. The van der Waals surface area contributed by atoms with E-state index in [0.717, 1.165) is 11.6 Å². The van der Waals surface area contributed by atoms with E-state index in [1.807, 2.05) is 6.92 Å². The Balaban J connectivity index is 2.77. The molecule has 0 bridgehead atoms. The highest BCUT2D eigenvalue weighted by molar-refractivity contribution is 7.91. The van der Waals surface area contributed by atoms with E-state index in [-0.39, 0.29) is 5.71 Å². The maximum absolute atomic E-state index is 12.0. The molecule has 8 heteroatoms. The van der Waals surface area contributed by atoms with E-state index in [1.54, 1.807) is 18.2 Å². The summed E-state index contributed by atoms with van der Waals surface area (Å²) >= 11 is 0. The summed E-state index contributed by atoms with van der Waals surface area (Å²) in [4.78, 5) is 11.4. The predicted octanol–water partition coefficient (Wildman–Crippen LogP) is -0.352. The Bertz CT molecular complexity index is 722. The molecule has 19 heavy (non-hydrogen) atoms. The number of nitrogens with zero attached hydrogens (tertiary/aromatic N) is 1. The van der Waals surface area contributed by atoms with Crippen LogP contribution in [0.5, 0.6) is 0 Å². The van der Waals surface area contributed by atoms with Gasteiger partial charge in [-0.2, -0.15) is 13.5 Å². The van der Waals surface area contributed by atoms with Crippen LogP contribution in [0.25, 0.3) is 6.08 Å². The van der Waals surface area contributed by atoms with E-state index in [1.165, 1.54) is 7.98 Å². The van der Waals surface area contributed by atoms with E-state index >= 15 is 0 Å². The summed E-state index contributed by atoms with van der Waals surface area (Å²) in [6.45, 7) is 1.84. The monoisotopic (exact) mass is 278 g/mol. The van der Waals surface area contributed by atoms with E-state index in [2.05, 4.69) is 10.4 Å². The minimum absolute atomic E-state index is 0.0346. The SMILES string of the molecule is BN/N=C1\C(=O)C(S(=O)(=O)O)=Cc2cc(C)ccc21. The molecule has 1 aliphatic carbocycles. The van der Waals surface area contributed by atoms with Gasteiger partial charge in [0.25, 0.3) is 10.1 Å². The number of Topliss-reactive ketones (excluding diaryl/α,β-unsaturated/α-hetero) is 1. The van der Waals surface area contributed by atoms with Gasteiger partial charge in [0.2, 0.25) is 13.8 Å². The molecule has 0 spiro atoms. The molecule has 1 aromatic carbocycles. The molecule has 0 amide bonds. The Hall–Kier alpha value is -1.93. The van der Waals surface area contributed by atoms with Crippen molar-refractivity contribution in [1.29, 1.82) is 0 Å². The highest BCUT2D eigenvalue weighted by Gasteiger charge is 2.32. The minimum Gasteiger partial charge on any atom is -0.361 e. The molecule has 1 aliphatic rings. The Labute approximate surface area is 111 Å². The fourth-order valence-electron chi connectivity index (χ4n) is 1.88. The lowest BCUT2D eigenvalue weighted by molar-refractivity contribution is -0.109. The van der Waals surface area contributed by atoms with E-state index in [0.29, 0.717) is 11.1 Å². The number of hydrogen-bond acceptors (Lipinski definition) is 5. The largest absolute Gasteiger partial charge is 0.361 e. The lowest BCUT2D eigenvalue weighted by atomic mass is 9.93. The molecular formula is C11H11BN2O4S. The van der Waals surface area contributed by atoms with Crippen LogP contribution in [-0.2, 0) is 14.9 Å². The Morgan fingerprint density at radius 1 is 1.37 bits per heavy atom. The number of nitrogens with one attached hydrogen (secondary N) is 1. The van der Waals surface area contributed by atoms with Crippen molar-refractivity contribution in [2.24, 2.45) is 5.10 Å². The van der Waals surface area contributed by atoms with E-state index in [9.17, 15) is 13.2 Å². The number of benzene rings is 1. The van der Waals surface area contributed by atoms with Gasteiger partial charge in [-0.25, -0.2) is 0 Å². The van der Waals surface area contributed by atoms with Gasteiger partial charge in [-0.15, -0.1) is 0 Å². The van der Waals surface area contributed by atoms with Crippen molar-refractivity contribution in [3.05, 3.63) is 39.8 Å². The third-order valence-corrected chi connectivity index (χ3v) is 3.55. The Kier molecular flexibility index (Phi) is 3.29. The zero-order valence-corrected chi connectivity index (χ0v) is 11.2. The molecule has 0 aliphatic heterocycles. The second-order valence-electron chi connectivity index (χ2n) is 4.09. The molecule has 0 saturated heterocycles. The number of carbonyl (C=O) groups is 1. The summed E-state index contributed by atoms with van der Waals surface area (Å²) in [6, 6.07) is 5.21. The molecule has 2 rings (SSSR count). The number of allylic oxidation sites excluding steroid dienone is 1. The zero-order valence-electron chi connectivity index (χ0n) is 10.3. The van der Waals surface area contributed by atoms with E-state index < -0.39 is 20.8 Å². The first-order valence-electron chi connectivity index (χ1n) is 5.44. The van der Waals surface area contributed by atoms with Crippen molar-refractivity contribution in [2.45, 2.75) is 6.92 Å². The number of hydrazone groups is 1. The average molecular weight is 278 g/mol. The van der Waals surface area contributed by atoms with Gasteiger partial charge < -0.3 is 5.34 Å². The number of fused-ring (bicyclic) bond motifs is 1. The van der Waals surface area contributed by atoms with Crippen molar-refractivity contribution in [3.8, 4) is 0 Å². The molecule has 0 fully saturated rings. The van der Waals surface area contributed by atoms with Gasteiger partial charge in [-0.1, -0.05) is 23.8 Å². The standard InChI is InChI=1S/C11H11BN2O4S/c1-6-2-3-8-7(4-6)5-9(19(16,17)18)11(15)10(8)13-14-12/h2-5,14H,12H2,1H3,(H,16,17,18)/b13-10-. The van der Waals surface area contributed by atoms with Gasteiger partial charge in [0.05, 0.1) is 0 Å². The summed E-state index contributed by atoms with van der Waals surface area (Å²) in [6.07, 6.45) is 1.16. The maximum atomic E-state index is 12.0. The number of hydrogen-bond donors (Lipinski definition) is 2. The Morgan fingerprint density at radius 2 is 2.05 bits per heavy atom. The predicted molar refractivity (Wildman–Crippen MR) is 73.9 cm³/mol. The molecule has 98 valence electrons. The van der Waals surface area contributed by atoms with Crippen LogP contribution in [0.4, 0.5) is 0 Å². The van der Waals surface area contributed by atoms with Gasteiger partial charge in [0.15, 0.2) is 0 Å². The zero-order chi connectivity index (χ0) is 14.2. The van der Waals surface area contributed by atoms with Crippen molar-refractivity contribution in [2.75, 3.05) is 0 Å². The molecule has 0 unspecified atom stereocenters. The third-order valence-electron chi connectivity index (χ3n) is 2.69. The van der Waals surface area contributed by atoms with Gasteiger partial charge in [0.1, 0.15) is 10.6 Å². The van der Waals surface area contributed by atoms with Gasteiger partial charge >= 0.3 is 0 Å². The fraction of sp³-hybridized carbons (Fsp3) is 0.0909. The van der Waals surface area contributed by atoms with Gasteiger partial charge in [0, 0.05) is 5.56 Å². The minimum atomic E-state index is -4.58. The molecule has 0 aromatic heterocycles. The summed E-state index contributed by atoms with van der Waals surface area (Å²) in [5.74, 6) is -0.826. The van der Waals surface area contributed by atoms with Crippen LogP contribution in [0.3, 0.4) is 0 Å². The average Bonchev–Trinajstić information content (AvgIpc) is 2.31. The molecular weight excluding hydrogens is 267 g/mol. The summed E-state index contributed by atoms with van der Waals surface area (Å²) in [7, 11) is -3.08. The highest BCUT2D eigenvalue weighted by Crippen LogP contribution is 2.25. The molecule has 6 nitrogen and oxygen atoms in total. The number of rotatable bonds is 2. The maximum Gasteiger partial charge on any atom is 0.298 e. The molecule has 0 radical (unpaired) electrons. The molecule has 1 aromatic rings. The molecule has 0 saturated carbocycles. The van der Waals surface area contributed by atoms with Crippen LogP contribution in [0.15, 0.2) is 28.2 Å². The summed E-state index contributed by atoms with van der Waals surface area (Å²) in [5.41, 5.74) is 1.93. The molecule has 2 N–H and O–H groups in total. The fourth-order valence-corrected chi connectivity index (χ4v) is 2.48. The quantitative estimate of drug-likeness (QED) is 0.438. The van der Waals surface area contributed by atoms with Crippen LogP contribution in [0, 0.1) is 6.92 Å². The molecule has 0 heterocycles. The van der Waals surface area contributed by atoms with E-state index in [4.69, 9.17) is 4.55 Å². The van der Waals surface area contributed by atoms with Gasteiger partial charge in [-0.05, 0) is 18.6 Å². The smallest absolute Gasteiger partial charge is 0.298 e. The highest BCUT2D eigenvalue weighted by atomic mass is 32.2. The van der Waals surface area contributed by atoms with Crippen molar-refractivity contribution in [3.63, 3.8) is 0 Å². The second-order valence-corrected chi connectivity index (χ2v) is 5.48. The number of ketones is 1. The summed E-state index contributed by atoms with van der Waals surface area (Å²) < 4.78 is 31.6.